The van der Waals surface area contributed by atoms with Gasteiger partial charge in [-0.05, 0) is 49.7 Å². The molecule has 1 N–H and O–H groups in total. The normalized spacial score (nSPS) is 19.3. The largest absolute Gasteiger partial charge is 0.363 e. The third-order valence-electron chi connectivity index (χ3n) is 4.91. The van der Waals surface area contributed by atoms with Crippen LogP contribution in [0.25, 0.3) is 0 Å². The first-order valence-electron chi connectivity index (χ1n) is 8.74. The number of anilines is 1. The molecule has 138 valence electrons. The van der Waals surface area contributed by atoms with Crippen LogP contribution in [0.2, 0.25) is 0 Å². The van der Waals surface area contributed by atoms with Crippen LogP contribution in [0, 0.1) is 18.6 Å². The summed E-state index contributed by atoms with van der Waals surface area (Å²) < 4.78 is 27.4. The standard InChI is InChI=1S/C20H18F2N4O/c1-3-26-16-10-14(22)8-9-15(16)19(27)17(20-23-11(2)24-25-20)18(26)12-4-6-13(21)7-5-12/h4-10,17-18H,3H2,1-2H3,(H,23,24,25). The fourth-order valence-electron chi connectivity index (χ4n) is 3.75. The summed E-state index contributed by atoms with van der Waals surface area (Å²) in [5.74, 6) is -0.657. The van der Waals surface area contributed by atoms with E-state index in [1.54, 1.807) is 19.1 Å². The first-order chi connectivity index (χ1) is 13.0. The minimum atomic E-state index is -0.682. The van der Waals surface area contributed by atoms with E-state index in [4.69, 9.17) is 0 Å². The fraction of sp³-hybridized carbons (Fsp3) is 0.250. The van der Waals surface area contributed by atoms with Crippen molar-refractivity contribution in [3.63, 3.8) is 0 Å². The molecule has 0 bridgehead atoms. The number of fused-ring (bicyclic) bond motifs is 1. The number of Topliss-reactive ketones (excluding diaryl/α,β-unsaturated/α-hetero) is 1. The molecule has 3 aromatic rings. The van der Waals surface area contributed by atoms with Crippen LogP contribution in [-0.4, -0.2) is 27.5 Å². The topological polar surface area (TPSA) is 61.9 Å². The average molecular weight is 368 g/mol. The Bertz CT molecular complexity index is 999. The van der Waals surface area contributed by atoms with E-state index in [1.165, 1.54) is 30.3 Å². The van der Waals surface area contributed by atoms with Gasteiger partial charge in [-0.2, -0.15) is 5.10 Å². The Morgan fingerprint density at radius 2 is 1.81 bits per heavy atom. The zero-order chi connectivity index (χ0) is 19.1. The van der Waals surface area contributed by atoms with Crippen LogP contribution in [-0.2, 0) is 0 Å². The van der Waals surface area contributed by atoms with Crippen LogP contribution >= 0.6 is 0 Å². The number of H-pyrrole nitrogens is 1. The van der Waals surface area contributed by atoms with Crippen LogP contribution in [0.15, 0.2) is 42.5 Å². The van der Waals surface area contributed by atoms with Crippen molar-refractivity contribution >= 4 is 11.5 Å². The number of aromatic nitrogens is 3. The van der Waals surface area contributed by atoms with E-state index in [9.17, 15) is 13.6 Å². The van der Waals surface area contributed by atoms with Gasteiger partial charge < -0.3 is 4.90 Å². The average Bonchev–Trinajstić information content (AvgIpc) is 3.08. The van der Waals surface area contributed by atoms with Gasteiger partial charge in [-0.3, -0.25) is 9.89 Å². The molecule has 27 heavy (non-hydrogen) atoms. The van der Waals surface area contributed by atoms with Gasteiger partial charge in [0.1, 0.15) is 23.4 Å². The molecule has 0 spiro atoms. The van der Waals surface area contributed by atoms with Crippen LogP contribution in [0.5, 0.6) is 0 Å². The van der Waals surface area contributed by atoms with Crippen LogP contribution in [0.1, 0.15) is 46.5 Å². The van der Waals surface area contributed by atoms with E-state index >= 15 is 0 Å². The van der Waals surface area contributed by atoms with Crippen molar-refractivity contribution < 1.29 is 13.6 Å². The van der Waals surface area contributed by atoms with Crippen molar-refractivity contribution in [1.29, 1.82) is 0 Å². The predicted molar refractivity (Wildman–Crippen MR) is 96.8 cm³/mol. The number of aryl methyl sites for hydroxylation is 1. The smallest absolute Gasteiger partial charge is 0.178 e. The highest BCUT2D eigenvalue weighted by molar-refractivity contribution is 6.07. The summed E-state index contributed by atoms with van der Waals surface area (Å²) in [5, 5.41) is 6.99. The van der Waals surface area contributed by atoms with Gasteiger partial charge in [0.2, 0.25) is 0 Å². The number of hydrogen-bond acceptors (Lipinski definition) is 4. The molecular weight excluding hydrogens is 350 g/mol. The summed E-state index contributed by atoms with van der Waals surface area (Å²) in [6.07, 6.45) is 0. The lowest BCUT2D eigenvalue weighted by Crippen LogP contribution is -2.41. The maximum atomic E-state index is 13.9. The molecule has 2 unspecified atom stereocenters. The van der Waals surface area contributed by atoms with Crippen LogP contribution in [0.4, 0.5) is 14.5 Å². The Balaban J connectivity index is 1.94. The maximum Gasteiger partial charge on any atom is 0.178 e. The zero-order valence-electron chi connectivity index (χ0n) is 14.9. The number of hydrogen-bond donors (Lipinski definition) is 1. The third-order valence-corrected chi connectivity index (χ3v) is 4.91. The molecule has 7 heteroatoms. The molecule has 1 aliphatic rings. The monoisotopic (exact) mass is 368 g/mol. The van der Waals surface area contributed by atoms with Crippen LogP contribution < -0.4 is 4.90 Å². The second kappa shape index (κ2) is 6.57. The van der Waals surface area contributed by atoms with Crippen LogP contribution in [0.3, 0.4) is 0 Å². The molecule has 0 radical (unpaired) electrons. The quantitative estimate of drug-likeness (QED) is 0.761. The van der Waals surface area contributed by atoms with Crippen molar-refractivity contribution in [2.45, 2.75) is 25.8 Å². The summed E-state index contributed by atoms with van der Waals surface area (Å²) in [5.41, 5.74) is 1.71. The van der Waals surface area contributed by atoms with E-state index in [1.807, 2.05) is 11.8 Å². The van der Waals surface area contributed by atoms with Crippen molar-refractivity contribution in [3.05, 3.63) is 76.9 Å². The molecule has 0 aliphatic carbocycles. The zero-order valence-corrected chi connectivity index (χ0v) is 14.9. The summed E-state index contributed by atoms with van der Waals surface area (Å²) in [7, 11) is 0. The Morgan fingerprint density at radius 1 is 1.11 bits per heavy atom. The summed E-state index contributed by atoms with van der Waals surface area (Å²) >= 11 is 0. The van der Waals surface area contributed by atoms with Crippen molar-refractivity contribution in [3.8, 4) is 0 Å². The van der Waals surface area contributed by atoms with Gasteiger partial charge in [0.05, 0.1) is 11.7 Å². The Labute approximate surface area is 155 Å². The van der Waals surface area contributed by atoms with Crippen molar-refractivity contribution in [2.75, 3.05) is 11.4 Å². The summed E-state index contributed by atoms with van der Waals surface area (Å²) in [6, 6.07) is 9.69. The number of benzene rings is 2. The van der Waals surface area contributed by atoms with Gasteiger partial charge in [0.25, 0.3) is 0 Å². The molecule has 2 heterocycles. The molecule has 1 aliphatic heterocycles. The van der Waals surface area contributed by atoms with E-state index in [-0.39, 0.29) is 11.6 Å². The molecule has 1 aromatic heterocycles. The Hall–Kier alpha value is -3.09. The Morgan fingerprint density at radius 3 is 2.44 bits per heavy atom. The van der Waals surface area contributed by atoms with E-state index in [0.29, 0.717) is 29.4 Å². The number of halogens is 2. The SMILES string of the molecule is CCN1c2cc(F)ccc2C(=O)C(c2n[nH]c(C)n2)C1c1ccc(F)cc1. The molecule has 2 atom stereocenters. The van der Waals surface area contributed by atoms with Gasteiger partial charge in [0.15, 0.2) is 11.6 Å². The Kier molecular flexibility index (Phi) is 4.22. The predicted octanol–water partition coefficient (Wildman–Crippen LogP) is 3.94. The number of nitrogens with one attached hydrogen (secondary N) is 1. The lowest BCUT2D eigenvalue weighted by atomic mass is 9.80. The molecule has 0 fully saturated rings. The minimum Gasteiger partial charge on any atom is -0.363 e. The molecule has 0 amide bonds. The number of ketones is 1. The minimum absolute atomic E-state index is 0.178. The third kappa shape index (κ3) is 2.89. The number of rotatable bonds is 3. The van der Waals surface area contributed by atoms with Gasteiger partial charge in [-0.15, -0.1) is 0 Å². The summed E-state index contributed by atoms with van der Waals surface area (Å²) in [4.78, 5) is 19.7. The second-order valence-corrected chi connectivity index (χ2v) is 6.56. The highest BCUT2D eigenvalue weighted by atomic mass is 19.1. The lowest BCUT2D eigenvalue weighted by molar-refractivity contribution is 0.0932. The van der Waals surface area contributed by atoms with E-state index in [2.05, 4.69) is 15.2 Å². The fourth-order valence-corrected chi connectivity index (χ4v) is 3.75. The molecular formula is C20H18F2N4O. The van der Waals surface area contributed by atoms with Gasteiger partial charge in [-0.25, -0.2) is 13.8 Å². The maximum absolute atomic E-state index is 13.9. The number of carbonyl (C=O) groups excluding carboxylic acids is 1. The second-order valence-electron chi connectivity index (χ2n) is 6.56. The molecule has 2 aromatic carbocycles. The summed E-state index contributed by atoms with van der Waals surface area (Å²) in [6.45, 7) is 4.23. The molecule has 0 saturated heterocycles. The van der Waals surface area contributed by atoms with Crippen molar-refractivity contribution in [2.24, 2.45) is 0 Å². The van der Waals surface area contributed by atoms with E-state index < -0.39 is 17.8 Å². The highest BCUT2D eigenvalue weighted by Crippen LogP contribution is 2.45. The van der Waals surface area contributed by atoms with E-state index in [0.717, 1.165) is 5.56 Å². The van der Waals surface area contributed by atoms with Gasteiger partial charge >= 0.3 is 0 Å². The lowest BCUT2D eigenvalue weighted by Gasteiger charge is -2.41. The van der Waals surface area contributed by atoms with Gasteiger partial charge in [0, 0.05) is 12.1 Å². The molecule has 4 rings (SSSR count). The molecule has 5 nitrogen and oxygen atoms in total. The molecule has 0 saturated carbocycles. The van der Waals surface area contributed by atoms with Crippen molar-refractivity contribution in [1.82, 2.24) is 15.2 Å². The first kappa shape index (κ1) is 17.3. The van der Waals surface area contributed by atoms with Gasteiger partial charge in [-0.1, -0.05) is 12.1 Å². The first-order valence-corrected chi connectivity index (χ1v) is 8.74. The highest BCUT2D eigenvalue weighted by Gasteiger charge is 2.43. The number of likely N-dealkylation sites (N-methyl/N-ethyl adjacent to an activating group) is 1. The number of nitrogens with zero attached hydrogens (tertiary/aromatic N) is 3. The number of aromatic amines is 1. The number of carbonyl (C=O) groups is 1.